The van der Waals surface area contributed by atoms with Crippen molar-refractivity contribution in [2.75, 3.05) is 25.6 Å². The number of methoxy groups -OCH3 is 1. The summed E-state index contributed by atoms with van der Waals surface area (Å²) in [6.07, 6.45) is 0.650. The van der Waals surface area contributed by atoms with Gasteiger partial charge in [-0.1, -0.05) is 0 Å². The number of aryl methyl sites for hydroxylation is 1. The molecule has 0 aliphatic rings. The van der Waals surface area contributed by atoms with Crippen LogP contribution in [0.3, 0.4) is 0 Å². The van der Waals surface area contributed by atoms with E-state index in [-0.39, 0.29) is 4.90 Å². The summed E-state index contributed by atoms with van der Waals surface area (Å²) >= 11 is 0. The average Bonchev–Trinajstić information content (AvgIpc) is 3.01. The third kappa shape index (κ3) is 4.83. The number of fused-ring (bicyclic) bond motifs is 1. The molecule has 3 aromatic rings. The average molecular weight is 447 g/mol. The number of pyridine rings is 1. The van der Waals surface area contributed by atoms with Gasteiger partial charge in [0.05, 0.1) is 22.6 Å². The van der Waals surface area contributed by atoms with E-state index < -0.39 is 14.6 Å². The van der Waals surface area contributed by atoms with Crippen molar-refractivity contribution in [1.82, 2.24) is 15.2 Å². The minimum atomic E-state index is -3.62. The number of sulfone groups is 1. The third-order valence-corrected chi connectivity index (χ3v) is 7.62. The predicted molar refractivity (Wildman–Crippen MR) is 122 cm³/mol. The van der Waals surface area contributed by atoms with Crippen molar-refractivity contribution in [3.8, 4) is 5.75 Å². The first-order valence-corrected chi connectivity index (χ1v) is 11.6. The highest BCUT2D eigenvalue weighted by molar-refractivity contribution is 7.92. The number of ether oxygens (including phenoxy) is 2. The van der Waals surface area contributed by atoms with Crippen molar-refractivity contribution in [3.05, 3.63) is 35.5 Å². The number of hydrogen-bond donors (Lipinski definition) is 2. The second kappa shape index (κ2) is 8.84. The predicted octanol–water partition coefficient (Wildman–Crippen LogP) is 4.31. The molecule has 0 saturated heterocycles. The van der Waals surface area contributed by atoms with Crippen LogP contribution >= 0.6 is 0 Å². The summed E-state index contributed by atoms with van der Waals surface area (Å²) in [4.78, 5) is 4.83. The van der Waals surface area contributed by atoms with Gasteiger partial charge in [-0.3, -0.25) is 5.10 Å². The minimum absolute atomic E-state index is 0.174. The standard InChI is InChI=1S/C22H30N4O4S/c1-14-15(2)25-26-21(14)24-20-9-8-16-12-19(31(27,28)22(3,4)5)18(13-17(16)23-20)30-11-7-10-29-6/h8-9,12-13H,7,10-11H2,1-6H3,(H2,23,24,25,26). The zero-order valence-electron chi connectivity index (χ0n) is 18.9. The van der Waals surface area contributed by atoms with Gasteiger partial charge in [-0.15, -0.1) is 0 Å². The Morgan fingerprint density at radius 1 is 1.13 bits per heavy atom. The van der Waals surface area contributed by atoms with Gasteiger partial charge in [0.2, 0.25) is 0 Å². The first-order chi connectivity index (χ1) is 14.5. The molecule has 2 heterocycles. The van der Waals surface area contributed by atoms with E-state index in [9.17, 15) is 8.42 Å². The Kier molecular flexibility index (Phi) is 6.56. The summed E-state index contributed by atoms with van der Waals surface area (Å²) in [5.74, 6) is 1.69. The van der Waals surface area contributed by atoms with Gasteiger partial charge in [0.25, 0.3) is 0 Å². The van der Waals surface area contributed by atoms with E-state index in [2.05, 4.69) is 20.5 Å². The molecule has 0 aliphatic heterocycles. The van der Waals surface area contributed by atoms with Gasteiger partial charge in [0.1, 0.15) is 22.3 Å². The van der Waals surface area contributed by atoms with E-state index in [1.807, 2.05) is 26.0 Å². The maximum Gasteiger partial charge on any atom is 0.186 e. The van der Waals surface area contributed by atoms with Gasteiger partial charge in [-0.25, -0.2) is 13.4 Å². The molecule has 0 amide bonds. The van der Waals surface area contributed by atoms with E-state index in [1.54, 1.807) is 40.0 Å². The van der Waals surface area contributed by atoms with Gasteiger partial charge in [0.15, 0.2) is 9.84 Å². The zero-order chi connectivity index (χ0) is 22.8. The molecule has 0 unspecified atom stereocenters. The first-order valence-electron chi connectivity index (χ1n) is 10.1. The molecule has 0 atom stereocenters. The second-order valence-corrected chi connectivity index (χ2v) is 11.1. The molecule has 1 aromatic carbocycles. The molecule has 3 rings (SSSR count). The molecule has 0 spiro atoms. The van der Waals surface area contributed by atoms with Crippen LogP contribution in [0.2, 0.25) is 0 Å². The fourth-order valence-electron chi connectivity index (χ4n) is 2.98. The van der Waals surface area contributed by atoms with Gasteiger partial charge >= 0.3 is 0 Å². The normalized spacial score (nSPS) is 12.3. The molecule has 0 radical (unpaired) electrons. The maximum atomic E-state index is 13.2. The smallest absolute Gasteiger partial charge is 0.186 e. The summed E-state index contributed by atoms with van der Waals surface area (Å²) in [5.41, 5.74) is 2.55. The van der Waals surface area contributed by atoms with Gasteiger partial charge in [-0.2, -0.15) is 5.10 Å². The van der Waals surface area contributed by atoms with E-state index >= 15 is 0 Å². The van der Waals surface area contributed by atoms with Gasteiger partial charge in [0, 0.05) is 37.2 Å². The Balaban J connectivity index is 2.04. The van der Waals surface area contributed by atoms with E-state index in [1.165, 1.54) is 0 Å². The Hall–Kier alpha value is -2.65. The Bertz CT molecular complexity index is 1180. The van der Waals surface area contributed by atoms with Crippen molar-refractivity contribution in [2.45, 2.75) is 50.7 Å². The first kappa shape index (κ1) is 23.0. The summed E-state index contributed by atoms with van der Waals surface area (Å²) in [6, 6.07) is 6.99. The number of aromatic nitrogens is 3. The number of hydrogen-bond acceptors (Lipinski definition) is 7. The van der Waals surface area contributed by atoms with E-state index in [4.69, 9.17) is 9.47 Å². The molecule has 31 heavy (non-hydrogen) atoms. The number of nitrogens with zero attached hydrogens (tertiary/aromatic N) is 2. The highest BCUT2D eigenvalue weighted by Crippen LogP contribution is 2.35. The maximum absolute atomic E-state index is 13.2. The molecule has 168 valence electrons. The summed E-state index contributed by atoms with van der Waals surface area (Å²) in [7, 11) is -2.00. The molecule has 2 N–H and O–H groups in total. The Morgan fingerprint density at radius 2 is 1.87 bits per heavy atom. The lowest BCUT2D eigenvalue weighted by atomic mass is 10.2. The number of rotatable bonds is 8. The second-order valence-electron chi connectivity index (χ2n) is 8.43. The lowest BCUT2D eigenvalue weighted by molar-refractivity contribution is 0.171. The van der Waals surface area contributed by atoms with Crippen LogP contribution in [-0.4, -0.2) is 48.7 Å². The quantitative estimate of drug-likeness (QED) is 0.497. The van der Waals surface area contributed by atoms with E-state index in [0.29, 0.717) is 36.7 Å². The summed E-state index contributed by atoms with van der Waals surface area (Å²) < 4.78 is 36.4. The SMILES string of the molecule is COCCCOc1cc2nc(Nc3[nH]nc(C)c3C)ccc2cc1S(=O)(=O)C(C)(C)C. The molecular formula is C22H30N4O4S. The molecule has 9 heteroatoms. The summed E-state index contributed by atoms with van der Waals surface area (Å²) in [5, 5.41) is 11.1. The van der Waals surface area contributed by atoms with Crippen LogP contribution in [0, 0.1) is 13.8 Å². The van der Waals surface area contributed by atoms with Crippen LogP contribution in [0.5, 0.6) is 5.75 Å². The Labute approximate surface area is 183 Å². The summed E-state index contributed by atoms with van der Waals surface area (Å²) in [6.45, 7) is 9.82. The molecule has 8 nitrogen and oxygen atoms in total. The molecule has 2 aromatic heterocycles. The number of benzene rings is 1. The fourth-order valence-corrected chi connectivity index (χ4v) is 4.30. The van der Waals surface area contributed by atoms with E-state index in [0.717, 1.165) is 22.5 Å². The lowest BCUT2D eigenvalue weighted by Gasteiger charge is -2.22. The molecule has 0 bridgehead atoms. The molecule has 0 saturated carbocycles. The largest absolute Gasteiger partial charge is 0.492 e. The van der Waals surface area contributed by atoms with Gasteiger partial charge in [-0.05, 0) is 52.8 Å². The van der Waals surface area contributed by atoms with Gasteiger partial charge < -0.3 is 14.8 Å². The van der Waals surface area contributed by atoms with Crippen LogP contribution in [-0.2, 0) is 14.6 Å². The molecule has 0 fully saturated rings. The van der Waals surface area contributed by atoms with Crippen molar-refractivity contribution < 1.29 is 17.9 Å². The number of aromatic amines is 1. The lowest BCUT2D eigenvalue weighted by Crippen LogP contribution is -2.28. The molecular weight excluding hydrogens is 416 g/mol. The number of anilines is 2. The fraction of sp³-hybridized carbons (Fsp3) is 0.455. The third-order valence-electron chi connectivity index (χ3n) is 5.11. The van der Waals surface area contributed by atoms with Crippen molar-refractivity contribution in [1.29, 1.82) is 0 Å². The van der Waals surface area contributed by atoms with Crippen LogP contribution < -0.4 is 10.1 Å². The topological polar surface area (TPSA) is 106 Å². The number of nitrogens with one attached hydrogen (secondary N) is 2. The van der Waals surface area contributed by atoms with Crippen LogP contribution in [0.4, 0.5) is 11.6 Å². The monoisotopic (exact) mass is 446 g/mol. The zero-order valence-corrected chi connectivity index (χ0v) is 19.7. The Morgan fingerprint density at radius 3 is 2.48 bits per heavy atom. The van der Waals surface area contributed by atoms with Crippen LogP contribution in [0.25, 0.3) is 10.9 Å². The number of H-pyrrole nitrogens is 1. The van der Waals surface area contributed by atoms with Crippen molar-refractivity contribution >= 4 is 32.4 Å². The van der Waals surface area contributed by atoms with Crippen molar-refractivity contribution in [2.24, 2.45) is 0 Å². The highest BCUT2D eigenvalue weighted by Gasteiger charge is 2.34. The highest BCUT2D eigenvalue weighted by atomic mass is 32.2. The van der Waals surface area contributed by atoms with Crippen molar-refractivity contribution in [3.63, 3.8) is 0 Å². The van der Waals surface area contributed by atoms with Crippen LogP contribution in [0.15, 0.2) is 29.2 Å². The molecule has 0 aliphatic carbocycles. The minimum Gasteiger partial charge on any atom is -0.492 e. The van der Waals surface area contributed by atoms with Crippen LogP contribution in [0.1, 0.15) is 38.4 Å².